The summed E-state index contributed by atoms with van der Waals surface area (Å²) in [4.78, 5) is 24.1. The first-order valence-corrected chi connectivity index (χ1v) is 10.5. The number of para-hydroxylation sites is 1. The molecular weight excluding hydrogens is 412 g/mol. The maximum absolute atomic E-state index is 12.1. The number of carbonyl (C=O) groups is 2. The fourth-order valence-corrected chi connectivity index (χ4v) is 4.63. The third-order valence-electron chi connectivity index (χ3n) is 4.32. The van der Waals surface area contributed by atoms with Crippen LogP contribution in [0.15, 0.2) is 53.0 Å². The standard InChI is InChI=1S/C20H21BrN2O2S/c21-16-9-3-4-10-17(16)23-19(24)12-22-20(25)13-26-18-11-5-7-14-6-1-2-8-15(14)18/h1-4,6,8-10,18H,5,7,11-13H2,(H,22,25)(H,23,24). The van der Waals surface area contributed by atoms with Crippen molar-refractivity contribution >= 4 is 45.2 Å². The van der Waals surface area contributed by atoms with Crippen molar-refractivity contribution in [2.24, 2.45) is 0 Å². The molecule has 2 aromatic carbocycles. The van der Waals surface area contributed by atoms with E-state index in [9.17, 15) is 9.59 Å². The van der Waals surface area contributed by atoms with Crippen molar-refractivity contribution in [3.63, 3.8) is 0 Å². The van der Waals surface area contributed by atoms with Gasteiger partial charge in [0.25, 0.3) is 0 Å². The Morgan fingerprint density at radius 3 is 2.69 bits per heavy atom. The number of hydrogen-bond acceptors (Lipinski definition) is 3. The molecule has 0 heterocycles. The summed E-state index contributed by atoms with van der Waals surface area (Å²) in [5, 5.41) is 5.84. The van der Waals surface area contributed by atoms with Gasteiger partial charge in [-0.2, -0.15) is 0 Å². The van der Waals surface area contributed by atoms with E-state index in [1.165, 1.54) is 11.1 Å². The lowest BCUT2D eigenvalue weighted by Gasteiger charge is -2.24. The van der Waals surface area contributed by atoms with Gasteiger partial charge in [-0.3, -0.25) is 9.59 Å². The van der Waals surface area contributed by atoms with Crippen molar-refractivity contribution in [1.29, 1.82) is 0 Å². The van der Waals surface area contributed by atoms with Gasteiger partial charge < -0.3 is 10.6 Å². The molecule has 0 radical (unpaired) electrons. The summed E-state index contributed by atoms with van der Waals surface area (Å²) in [6, 6.07) is 15.8. The average molecular weight is 433 g/mol. The molecule has 2 aromatic rings. The number of nitrogens with one attached hydrogen (secondary N) is 2. The minimum Gasteiger partial charge on any atom is -0.346 e. The fourth-order valence-electron chi connectivity index (χ4n) is 3.05. The quantitative estimate of drug-likeness (QED) is 0.714. The number of rotatable bonds is 6. The molecule has 1 unspecified atom stereocenters. The number of halogens is 1. The monoisotopic (exact) mass is 432 g/mol. The maximum Gasteiger partial charge on any atom is 0.243 e. The molecule has 0 aliphatic heterocycles. The van der Waals surface area contributed by atoms with E-state index >= 15 is 0 Å². The molecule has 26 heavy (non-hydrogen) atoms. The number of aryl methyl sites for hydroxylation is 1. The van der Waals surface area contributed by atoms with Gasteiger partial charge in [-0.05, 0) is 58.5 Å². The van der Waals surface area contributed by atoms with E-state index in [4.69, 9.17) is 0 Å². The summed E-state index contributed by atoms with van der Waals surface area (Å²) < 4.78 is 0.811. The zero-order chi connectivity index (χ0) is 18.4. The average Bonchev–Trinajstić information content (AvgIpc) is 2.66. The number of carbonyl (C=O) groups excluding carboxylic acids is 2. The highest BCUT2D eigenvalue weighted by Crippen LogP contribution is 2.39. The second-order valence-electron chi connectivity index (χ2n) is 6.20. The van der Waals surface area contributed by atoms with Crippen molar-refractivity contribution < 1.29 is 9.59 Å². The highest BCUT2D eigenvalue weighted by molar-refractivity contribution is 9.10. The molecule has 1 aliphatic carbocycles. The third-order valence-corrected chi connectivity index (χ3v) is 6.34. The van der Waals surface area contributed by atoms with E-state index in [0.717, 1.165) is 23.7 Å². The van der Waals surface area contributed by atoms with E-state index in [2.05, 4.69) is 50.8 Å². The molecule has 0 spiro atoms. The highest BCUT2D eigenvalue weighted by atomic mass is 79.9. The Balaban J connectivity index is 1.44. The maximum atomic E-state index is 12.1. The van der Waals surface area contributed by atoms with Gasteiger partial charge in [0.1, 0.15) is 0 Å². The normalized spacial score (nSPS) is 15.8. The first kappa shape index (κ1) is 19.0. The van der Waals surface area contributed by atoms with E-state index in [0.29, 0.717) is 16.7 Å². The Bertz CT molecular complexity index is 797. The van der Waals surface area contributed by atoms with Gasteiger partial charge in [0, 0.05) is 9.72 Å². The first-order valence-electron chi connectivity index (χ1n) is 8.64. The molecule has 3 rings (SSSR count). The third kappa shape index (κ3) is 5.11. The topological polar surface area (TPSA) is 58.2 Å². The lowest BCUT2D eigenvalue weighted by molar-refractivity contribution is -0.122. The predicted octanol–water partition coefficient (Wildman–Crippen LogP) is 4.31. The summed E-state index contributed by atoms with van der Waals surface area (Å²) in [5.41, 5.74) is 3.44. The van der Waals surface area contributed by atoms with Crippen LogP contribution >= 0.6 is 27.7 Å². The Morgan fingerprint density at radius 2 is 1.85 bits per heavy atom. The number of benzene rings is 2. The Hall–Kier alpha value is -1.79. The smallest absolute Gasteiger partial charge is 0.243 e. The summed E-state index contributed by atoms with van der Waals surface area (Å²) in [6.45, 7) is -0.0258. The van der Waals surface area contributed by atoms with Crippen LogP contribution in [0.3, 0.4) is 0 Å². The summed E-state index contributed by atoms with van der Waals surface area (Å²) in [6.07, 6.45) is 3.37. The van der Waals surface area contributed by atoms with Crippen LogP contribution in [0, 0.1) is 0 Å². The van der Waals surface area contributed by atoms with Crippen molar-refractivity contribution in [3.8, 4) is 0 Å². The van der Waals surface area contributed by atoms with Crippen LogP contribution in [-0.4, -0.2) is 24.1 Å². The molecule has 0 saturated heterocycles. The number of hydrogen-bond donors (Lipinski definition) is 2. The number of thioether (sulfide) groups is 1. The van der Waals surface area contributed by atoms with Crippen LogP contribution in [-0.2, 0) is 16.0 Å². The number of anilines is 1. The van der Waals surface area contributed by atoms with Crippen LogP contribution in [0.5, 0.6) is 0 Å². The van der Waals surface area contributed by atoms with E-state index in [1.54, 1.807) is 17.8 Å². The van der Waals surface area contributed by atoms with Crippen molar-refractivity contribution in [2.45, 2.75) is 24.5 Å². The van der Waals surface area contributed by atoms with Gasteiger partial charge in [-0.15, -0.1) is 11.8 Å². The van der Waals surface area contributed by atoms with Gasteiger partial charge in [-0.1, -0.05) is 36.4 Å². The minimum atomic E-state index is -0.238. The molecule has 6 heteroatoms. The van der Waals surface area contributed by atoms with Gasteiger partial charge in [0.2, 0.25) is 11.8 Å². The summed E-state index contributed by atoms with van der Waals surface area (Å²) >= 11 is 5.04. The van der Waals surface area contributed by atoms with Crippen LogP contribution in [0.1, 0.15) is 29.2 Å². The Morgan fingerprint density at radius 1 is 1.08 bits per heavy atom. The minimum absolute atomic E-state index is 0.0258. The number of amides is 2. The van der Waals surface area contributed by atoms with Gasteiger partial charge in [0.15, 0.2) is 0 Å². The second kappa shape index (κ2) is 9.24. The van der Waals surface area contributed by atoms with Crippen LogP contribution in [0.25, 0.3) is 0 Å². The van der Waals surface area contributed by atoms with Crippen LogP contribution in [0.2, 0.25) is 0 Å². The van der Waals surface area contributed by atoms with E-state index in [-0.39, 0.29) is 18.4 Å². The van der Waals surface area contributed by atoms with Crippen molar-refractivity contribution in [2.75, 3.05) is 17.6 Å². The molecule has 0 fully saturated rings. The Labute approximate surface area is 166 Å². The SMILES string of the molecule is O=C(CSC1CCCc2ccccc21)NCC(=O)Nc1ccccc1Br. The van der Waals surface area contributed by atoms with Crippen molar-refractivity contribution in [1.82, 2.24) is 5.32 Å². The van der Waals surface area contributed by atoms with Gasteiger partial charge in [0.05, 0.1) is 18.0 Å². The fraction of sp³-hybridized carbons (Fsp3) is 0.300. The predicted molar refractivity (Wildman–Crippen MR) is 110 cm³/mol. The van der Waals surface area contributed by atoms with Crippen LogP contribution in [0.4, 0.5) is 5.69 Å². The molecule has 1 aliphatic rings. The highest BCUT2D eigenvalue weighted by Gasteiger charge is 2.21. The molecule has 2 N–H and O–H groups in total. The lowest BCUT2D eigenvalue weighted by atomic mass is 9.91. The summed E-state index contributed by atoms with van der Waals surface area (Å²) in [7, 11) is 0. The Kier molecular flexibility index (Phi) is 6.74. The second-order valence-corrected chi connectivity index (χ2v) is 8.24. The van der Waals surface area contributed by atoms with E-state index in [1.807, 2.05) is 18.2 Å². The molecule has 1 atom stereocenters. The van der Waals surface area contributed by atoms with Gasteiger partial charge >= 0.3 is 0 Å². The van der Waals surface area contributed by atoms with Gasteiger partial charge in [-0.25, -0.2) is 0 Å². The molecule has 0 saturated carbocycles. The zero-order valence-electron chi connectivity index (χ0n) is 14.3. The first-order chi connectivity index (χ1) is 12.6. The molecule has 0 aromatic heterocycles. The molecular formula is C20H21BrN2O2S. The zero-order valence-corrected chi connectivity index (χ0v) is 16.7. The lowest BCUT2D eigenvalue weighted by Crippen LogP contribution is -2.34. The largest absolute Gasteiger partial charge is 0.346 e. The molecule has 2 amide bonds. The van der Waals surface area contributed by atoms with Crippen LogP contribution < -0.4 is 10.6 Å². The molecule has 0 bridgehead atoms. The van der Waals surface area contributed by atoms with Crippen molar-refractivity contribution in [3.05, 3.63) is 64.1 Å². The van der Waals surface area contributed by atoms with E-state index < -0.39 is 0 Å². The molecule has 136 valence electrons. The number of fused-ring (bicyclic) bond motifs is 1. The molecule has 4 nitrogen and oxygen atoms in total. The summed E-state index contributed by atoms with van der Waals surface area (Å²) in [5.74, 6) is 0.0139.